The molecule has 23 heavy (non-hydrogen) atoms. The zero-order valence-corrected chi connectivity index (χ0v) is 11.2. The minimum absolute atomic E-state index is 0.0760. The van der Waals surface area contributed by atoms with E-state index in [2.05, 4.69) is 20.1 Å². The Morgan fingerprint density at radius 1 is 1.26 bits per heavy atom. The fraction of sp³-hybridized carbons (Fsp3) is 0.250. The summed E-state index contributed by atoms with van der Waals surface area (Å²) < 4.78 is 65.0. The first-order chi connectivity index (χ1) is 10.7. The maximum Gasteiger partial charge on any atom is 0.451 e. The van der Waals surface area contributed by atoms with E-state index in [-0.39, 0.29) is 12.2 Å². The van der Waals surface area contributed by atoms with Crippen LogP contribution in [0.2, 0.25) is 0 Å². The number of carbonyl (C=O) groups excluding carboxylic acids is 1. The summed E-state index contributed by atoms with van der Waals surface area (Å²) in [6.45, 7) is -2.96. The highest BCUT2D eigenvalue weighted by molar-refractivity contribution is 5.90. The molecule has 0 radical (unpaired) electrons. The van der Waals surface area contributed by atoms with Crippen LogP contribution in [0.5, 0.6) is 5.75 Å². The number of halogens is 5. The van der Waals surface area contributed by atoms with Gasteiger partial charge in [0.1, 0.15) is 5.75 Å². The minimum atomic E-state index is -4.70. The summed E-state index contributed by atoms with van der Waals surface area (Å²) in [6, 6.07) is 5.22. The molecule has 0 saturated heterocycles. The summed E-state index contributed by atoms with van der Waals surface area (Å²) in [5.74, 6) is -2.59. The second-order valence-electron chi connectivity index (χ2n) is 4.25. The summed E-state index contributed by atoms with van der Waals surface area (Å²) in [4.78, 5) is 14.7. The van der Waals surface area contributed by atoms with E-state index in [0.29, 0.717) is 5.56 Å². The number of aromatic amines is 1. The molecule has 1 aromatic carbocycles. The molecule has 0 fully saturated rings. The zero-order valence-electron chi connectivity index (χ0n) is 11.2. The maximum absolute atomic E-state index is 12.3. The van der Waals surface area contributed by atoms with Crippen molar-refractivity contribution in [3.05, 3.63) is 35.7 Å². The lowest BCUT2D eigenvalue weighted by Gasteiger charge is -2.05. The van der Waals surface area contributed by atoms with E-state index in [1.807, 2.05) is 0 Å². The monoisotopic (exact) mass is 336 g/mol. The minimum Gasteiger partial charge on any atom is -0.435 e. The molecule has 11 heteroatoms. The summed E-state index contributed by atoms with van der Waals surface area (Å²) in [5, 5.41) is 6.96. The van der Waals surface area contributed by atoms with Crippen LogP contribution in [0.25, 0.3) is 0 Å². The Kier molecular flexibility index (Phi) is 4.77. The lowest BCUT2D eigenvalue weighted by atomic mass is 10.1. The summed E-state index contributed by atoms with van der Waals surface area (Å²) >= 11 is 0. The Morgan fingerprint density at radius 3 is 2.43 bits per heavy atom. The molecule has 2 aromatic rings. The number of anilines is 1. The number of nitrogens with one attached hydrogen (secondary N) is 2. The lowest BCUT2D eigenvalue weighted by molar-refractivity contribution is -0.144. The van der Waals surface area contributed by atoms with E-state index in [1.165, 1.54) is 24.3 Å². The number of rotatable bonds is 5. The Labute approximate surface area is 125 Å². The first-order valence-corrected chi connectivity index (χ1v) is 6.07. The van der Waals surface area contributed by atoms with Gasteiger partial charge in [-0.1, -0.05) is 12.1 Å². The van der Waals surface area contributed by atoms with Crippen molar-refractivity contribution in [1.29, 1.82) is 0 Å². The normalized spacial score (nSPS) is 11.6. The summed E-state index contributed by atoms with van der Waals surface area (Å²) in [5.41, 5.74) is 0.440. The number of H-pyrrole nitrogens is 1. The van der Waals surface area contributed by atoms with Crippen molar-refractivity contribution in [1.82, 2.24) is 15.2 Å². The molecule has 0 unspecified atom stereocenters. The first kappa shape index (κ1) is 16.6. The number of aromatic nitrogens is 3. The highest BCUT2D eigenvalue weighted by Crippen LogP contribution is 2.26. The van der Waals surface area contributed by atoms with Crippen LogP contribution in [-0.2, 0) is 17.4 Å². The molecule has 0 aliphatic carbocycles. The van der Waals surface area contributed by atoms with Crippen molar-refractivity contribution in [2.45, 2.75) is 19.2 Å². The van der Waals surface area contributed by atoms with E-state index in [0.717, 1.165) is 0 Å². The van der Waals surface area contributed by atoms with Gasteiger partial charge in [-0.05, 0) is 17.7 Å². The van der Waals surface area contributed by atoms with Crippen LogP contribution >= 0.6 is 0 Å². The Morgan fingerprint density at radius 2 is 1.91 bits per heavy atom. The van der Waals surface area contributed by atoms with E-state index in [9.17, 15) is 26.7 Å². The molecule has 2 N–H and O–H groups in total. The molecule has 1 amide bonds. The fourth-order valence-electron chi connectivity index (χ4n) is 1.59. The van der Waals surface area contributed by atoms with Crippen LogP contribution < -0.4 is 10.1 Å². The van der Waals surface area contributed by atoms with E-state index >= 15 is 0 Å². The smallest absolute Gasteiger partial charge is 0.435 e. The number of amides is 1. The van der Waals surface area contributed by atoms with Crippen molar-refractivity contribution in [2.75, 3.05) is 5.32 Å². The third kappa shape index (κ3) is 4.90. The molecule has 0 aliphatic heterocycles. The molecule has 0 bridgehead atoms. The number of hydrogen-bond acceptors (Lipinski definition) is 4. The van der Waals surface area contributed by atoms with Crippen molar-refractivity contribution >= 4 is 11.9 Å². The number of alkyl halides is 5. The first-order valence-electron chi connectivity index (χ1n) is 6.07. The van der Waals surface area contributed by atoms with Gasteiger partial charge in [0.05, 0.1) is 6.42 Å². The molecule has 6 nitrogen and oxygen atoms in total. The van der Waals surface area contributed by atoms with Crippen LogP contribution in [0, 0.1) is 0 Å². The van der Waals surface area contributed by atoms with Crippen LogP contribution in [0.1, 0.15) is 11.4 Å². The molecular weight excluding hydrogens is 327 g/mol. The van der Waals surface area contributed by atoms with Crippen molar-refractivity contribution in [2.24, 2.45) is 0 Å². The predicted octanol–water partition coefficient (Wildman–Crippen LogP) is 2.61. The summed E-state index contributed by atoms with van der Waals surface area (Å²) in [7, 11) is 0. The topological polar surface area (TPSA) is 79.9 Å². The molecular formula is C12H9F5N4O2. The third-order valence-corrected chi connectivity index (χ3v) is 2.52. The Bertz CT molecular complexity index is 669. The van der Waals surface area contributed by atoms with Crippen molar-refractivity contribution < 1.29 is 31.5 Å². The van der Waals surface area contributed by atoms with Gasteiger partial charge in [-0.15, -0.1) is 5.10 Å². The number of ether oxygens (including phenoxy) is 1. The van der Waals surface area contributed by atoms with Crippen LogP contribution in [-0.4, -0.2) is 27.7 Å². The van der Waals surface area contributed by atoms with Crippen LogP contribution in [0.3, 0.4) is 0 Å². The highest BCUT2D eigenvalue weighted by Gasteiger charge is 2.35. The lowest BCUT2D eigenvalue weighted by Crippen LogP contribution is -2.15. The molecule has 0 spiro atoms. The Balaban J connectivity index is 1.93. The molecule has 0 atom stereocenters. The van der Waals surface area contributed by atoms with Gasteiger partial charge in [-0.25, -0.2) is 0 Å². The van der Waals surface area contributed by atoms with Gasteiger partial charge >= 0.3 is 12.8 Å². The number of benzene rings is 1. The average molecular weight is 336 g/mol. The van der Waals surface area contributed by atoms with Gasteiger partial charge in [0.15, 0.2) is 0 Å². The standard InChI is InChI=1S/C12H9F5N4O2/c13-10(14)23-7-3-1-6(2-4-7)5-8(22)18-11-19-9(20-21-11)12(15,16)17/h1-4,10H,5H2,(H2,18,19,20,21,22). The van der Waals surface area contributed by atoms with Crippen molar-refractivity contribution in [3.63, 3.8) is 0 Å². The molecule has 2 rings (SSSR count). The maximum atomic E-state index is 12.3. The largest absolute Gasteiger partial charge is 0.451 e. The highest BCUT2D eigenvalue weighted by atomic mass is 19.4. The van der Waals surface area contributed by atoms with Crippen molar-refractivity contribution in [3.8, 4) is 5.75 Å². The predicted molar refractivity (Wildman–Crippen MR) is 66.8 cm³/mol. The zero-order chi connectivity index (χ0) is 17.0. The second kappa shape index (κ2) is 6.58. The van der Waals surface area contributed by atoms with Gasteiger partial charge in [0, 0.05) is 0 Å². The van der Waals surface area contributed by atoms with Crippen LogP contribution in [0.4, 0.5) is 27.9 Å². The number of nitrogens with zero attached hydrogens (tertiary/aromatic N) is 2. The summed E-state index contributed by atoms with van der Waals surface area (Å²) in [6.07, 6.45) is -4.90. The molecule has 1 aromatic heterocycles. The molecule has 0 saturated carbocycles. The molecule has 124 valence electrons. The SMILES string of the molecule is O=C(Cc1ccc(OC(F)F)cc1)Nc1n[nH]c(C(F)(F)F)n1. The van der Waals surface area contributed by atoms with Gasteiger partial charge in [0.2, 0.25) is 17.7 Å². The van der Waals surface area contributed by atoms with Crippen LogP contribution in [0.15, 0.2) is 24.3 Å². The van der Waals surface area contributed by atoms with E-state index in [1.54, 1.807) is 5.10 Å². The van der Waals surface area contributed by atoms with Gasteiger partial charge in [-0.2, -0.15) is 26.9 Å². The second-order valence-corrected chi connectivity index (χ2v) is 4.25. The molecule has 0 aliphatic rings. The fourth-order valence-corrected chi connectivity index (χ4v) is 1.59. The number of carbonyl (C=O) groups is 1. The number of hydrogen-bond donors (Lipinski definition) is 2. The van der Waals surface area contributed by atoms with E-state index in [4.69, 9.17) is 0 Å². The van der Waals surface area contributed by atoms with Gasteiger partial charge in [0.25, 0.3) is 0 Å². The van der Waals surface area contributed by atoms with Gasteiger partial charge in [-0.3, -0.25) is 15.2 Å². The Hall–Kier alpha value is -2.72. The van der Waals surface area contributed by atoms with Gasteiger partial charge < -0.3 is 4.74 Å². The quantitative estimate of drug-likeness (QED) is 0.823. The average Bonchev–Trinajstić information content (AvgIpc) is 2.89. The van der Waals surface area contributed by atoms with E-state index < -0.39 is 30.5 Å². The molecule has 1 heterocycles. The third-order valence-electron chi connectivity index (χ3n) is 2.52.